The molecule has 1 atom stereocenters. The van der Waals surface area contributed by atoms with E-state index in [1.54, 1.807) is 0 Å². The maximum Gasteiger partial charge on any atom is 0.411 e. The quantitative estimate of drug-likeness (QED) is 0.527. The third-order valence-corrected chi connectivity index (χ3v) is 5.07. The summed E-state index contributed by atoms with van der Waals surface area (Å²) >= 11 is 0. The number of nitrogens with zero attached hydrogens (tertiary/aromatic N) is 1. The van der Waals surface area contributed by atoms with Crippen LogP contribution in [0.3, 0.4) is 0 Å². The normalized spacial score (nSPS) is 13.0. The molecule has 1 aliphatic carbocycles. The standard InChI is InChI=1S/C23H23NO6/c1-3-14-30-20(25)13-12-19(22(26)27)24(23(28)29-2)21-17-10-6-4-8-15(17)16-9-5-7-11-18(16)21/h3-11,19,21H,1,12-14H2,2H3,(H,26,27)/t19-/m0/s1. The van der Waals surface area contributed by atoms with Crippen molar-refractivity contribution in [1.82, 2.24) is 4.90 Å². The molecule has 30 heavy (non-hydrogen) atoms. The van der Waals surface area contributed by atoms with E-state index < -0.39 is 30.1 Å². The number of benzene rings is 2. The van der Waals surface area contributed by atoms with Crippen LogP contribution in [0.1, 0.15) is 30.0 Å². The van der Waals surface area contributed by atoms with Gasteiger partial charge in [-0.05, 0) is 28.7 Å². The zero-order chi connectivity index (χ0) is 21.7. The summed E-state index contributed by atoms with van der Waals surface area (Å²) in [5.74, 6) is -1.78. The highest BCUT2D eigenvalue weighted by molar-refractivity contribution is 5.85. The fourth-order valence-electron chi connectivity index (χ4n) is 3.81. The molecule has 0 fully saturated rings. The lowest BCUT2D eigenvalue weighted by atomic mass is 10.00. The van der Waals surface area contributed by atoms with Gasteiger partial charge in [-0.3, -0.25) is 9.69 Å². The number of fused-ring (bicyclic) bond motifs is 3. The molecule has 0 unspecified atom stereocenters. The van der Waals surface area contributed by atoms with Gasteiger partial charge in [0.2, 0.25) is 0 Å². The first-order chi connectivity index (χ1) is 14.5. The van der Waals surface area contributed by atoms with Crippen LogP contribution in [0.5, 0.6) is 0 Å². The Hall–Kier alpha value is -3.61. The van der Waals surface area contributed by atoms with Crippen LogP contribution in [0.15, 0.2) is 61.2 Å². The molecule has 1 amide bonds. The third kappa shape index (κ3) is 4.05. The second-order valence-electron chi connectivity index (χ2n) is 6.82. The van der Waals surface area contributed by atoms with Crippen molar-refractivity contribution >= 4 is 18.0 Å². The Morgan fingerprint density at radius 1 is 1.10 bits per heavy atom. The van der Waals surface area contributed by atoms with Gasteiger partial charge in [0.05, 0.1) is 13.2 Å². The van der Waals surface area contributed by atoms with Gasteiger partial charge in [0.1, 0.15) is 12.6 Å². The van der Waals surface area contributed by atoms with Crippen molar-refractivity contribution in [3.63, 3.8) is 0 Å². The number of carbonyl (C=O) groups excluding carboxylic acids is 2. The number of esters is 1. The van der Waals surface area contributed by atoms with Crippen molar-refractivity contribution in [1.29, 1.82) is 0 Å². The van der Waals surface area contributed by atoms with E-state index in [1.807, 2.05) is 48.5 Å². The van der Waals surface area contributed by atoms with Crippen molar-refractivity contribution in [2.75, 3.05) is 13.7 Å². The van der Waals surface area contributed by atoms with Crippen LogP contribution < -0.4 is 0 Å². The molecule has 2 aromatic carbocycles. The molecule has 0 spiro atoms. The molecule has 1 aliphatic rings. The monoisotopic (exact) mass is 409 g/mol. The Bertz CT molecular complexity index is 924. The van der Waals surface area contributed by atoms with E-state index in [-0.39, 0.29) is 19.4 Å². The summed E-state index contributed by atoms with van der Waals surface area (Å²) in [7, 11) is 1.21. The smallest absolute Gasteiger partial charge is 0.411 e. The van der Waals surface area contributed by atoms with Gasteiger partial charge in [0.25, 0.3) is 0 Å². The van der Waals surface area contributed by atoms with Crippen molar-refractivity contribution < 1.29 is 29.0 Å². The van der Waals surface area contributed by atoms with Crippen LogP contribution in [-0.4, -0.2) is 47.8 Å². The van der Waals surface area contributed by atoms with Gasteiger partial charge in [0.15, 0.2) is 0 Å². The van der Waals surface area contributed by atoms with E-state index in [9.17, 15) is 19.5 Å². The zero-order valence-electron chi connectivity index (χ0n) is 16.6. The molecule has 0 saturated heterocycles. The molecule has 0 bridgehead atoms. The Labute approximate surface area is 174 Å². The number of rotatable bonds is 8. The summed E-state index contributed by atoms with van der Waals surface area (Å²) in [6.45, 7) is 3.52. The van der Waals surface area contributed by atoms with Crippen molar-refractivity contribution in [3.05, 3.63) is 72.3 Å². The summed E-state index contributed by atoms with van der Waals surface area (Å²) in [6, 6.07) is 13.2. The third-order valence-electron chi connectivity index (χ3n) is 5.07. The average Bonchev–Trinajstić information content (AvgIpc) is 3.08. The number of carboxylic acids is 1. The summed E-state index contributed by atoms with van der Waals surface area (Å²) in [4.78, 5) is 38.1. The van der Waals surface area contributed by atoms with E-state index in [4.69, 9.17) is 9.47 Å². The molecule has 0 radical (unpaired) electrons. The molecule has 0 aliphatic heterocycles. The topological polar surface area (TPSA) is 93.1 Å². The zero-order valence-corrected chi connectivity index (χ0v) is 16.6. The largest absolute Gasteiger partial charge is 0.480 e. The summed E-state index contributed by atoms with van der Waals surface area (Å²) < 4.78 is 9.89. The van der Waals surface area contributed by atoms with Crippen molar-refractivity contribution in [2.45, 2.75) is 24.9 Å². The Kier molecular flexibility index (Phi) is 6.51. The second kappa shape index (κ2) is 9.26. The van der Waals surface area contributed by atoms with Gasteiger partial charge < -0.3 is 14.6 Å². The maximum absolute atomic E-state index is 12.8. The van der Waals surface area contributed by atoms with Crippen LogP contribution in [0.2, 0.25) is 0 Å². The molecular formula is C23H23NO6. The number of hydrogen-bond donors (Lipinski definition) is 1. The summed E-state index contributed by atoms with van der Waals surface area (Å²) in [5, 5.41) is 9.92. The van der Waals surface area contributed by atoms with Crippen LogP contribution in [0.25, 0.3) is 11.1 Å². The summed E-state index contributed by atoms with van der Waals surface area (Å²) in [6.07, 6.45) is 0.383. The number of aliphatic carboxylic acids is 1. The minimum atomic E-state index is -1.28. The highest BCUT2D eigenvalue weighted by atomic mass is 16.5. The fourth-order valence-corrected chi connectivity index (χ4v) is 3.81. The number of carboxylic acid groups (broad SMARTS) is 1. The molecule has 3 rings (SSSR count). The minimum absolute atomic E-state index is 0.0423. The first kappa shape index (κ1) is 21.1. The number of ether oxygens (including phenoxy) is 2. The number of carbonyl (C=O) groups is 3. The van der Waals surface area contributed by atoms with Crippen LogP contribution in [0, 0.1) is 0 Å². The number of methoxy groups -OCH3 is 1. The summed E-state index contributed by atoms with van der Waals surface area (Å²) in [5.41, 5.74) is 3.48. The van der Waals surface area contributed by atoms with E-state index in [1.165, 1.54) is 18.1 Å². The van der Waals surface area contributed by atoms with Crippen LogP contribution >= 0.6 is 0 Å². The average molecular weight is 409 g/mol. The van der Waals surface area contributed by atoms with E-state index in [0.29, 0.717) is 0 Å². The van der Waals surface area contributed by atoms with Crippen LogP contribution in [-0.2, 0) is 19.1 Å². The number of hydrogen-bond acceptors (Lipinski definition) is 5. The Morgan fingerprint density at radius 2 is 1.67 bits per heavy atom. The number of amides is 1. The maximum atomic E-state index is 12.8. The van der Waals surface area contributed by atoms with E-state index in [0.717, 1.165) is 22.3 Å². The van der Waals surface area contributed by atoms with Crippen molar-refractivity contribution in [2.24, 2.45) is 0 Å². The van der Waals surface area contributed by atoms with Gasteiger partial charge in [-0.2, -0.15) is 0 Å². The van der Waals surface area contributed by atoms with Gasteiger partial charge >= 0.3 is 18.0 Å². The molecule has 156 valence electrons. The first-order valence-corrected chi connectivity index (χ1v) is 9.53. The second-order valence-corrected chi connectivity index (χ2v) is 6.82. The Balaban J connectivity index is 2.01. The van der Waals surface area contributed by atoms with Gasteiger partial charge in [0, 0.05) is 6.42 Å². The molecule has 0 heterocycles. The SMILES string of the molecule is C=CCOC(=O)CC[C@@H](C(=O)O)N(C(=O)OC)C1c2ccccc2-c2ccccc21. The van der Waals surface area contributed by atoms with Gasteiger partial charge in [-0.15, -0.1) is 0 Å². The molecular weight excluding hydrogens is 386 g/mol. The highest BCUT2D eigenvalue weighted by Crippen LogP contribution is 2.47. The van der Waals surface area contributed by atoms with E-state index >= 15 is 0 Å². The van der Waals surface area contributed by atoms with Gasteiger partial charge in [-0.25, -0.2) is 9.59 Å². The molecule has 0 saturated carbocycles. The Morgan fingerprint density at radius 3 is 2.17 bits per heavy atom. The lowest BCUT2D eigenvalue weighted by Crippen LogP contribution is -2.47. The van der Waals surface area contributed by atoms with Crippen LogP contribution in [0.4, 0.5) is 4.79 Å². The predicted molar refractivity (Wildman–Crippen MR) is 110 cm³/mol. The molecule has 0 aromatic heterocycles. The van der Waals surface area contributed by atoms with E-state index in [2.05, 4.69) is 6.58 Å². The lowest BCUT2D eigenvalue weighted by molar-refractivity contribution is -0.146. The lowest BCUT2D eigenvalue weighted by Gasteiger charge is -2.34. The molecule has 2 aromatic rings. The molecule has 7 heteroatoms. The minimum Gasteiger partial charge on any atom is -0.480 e. The molecule has 7 nitrogen and oxygen atoms in total. The highest BCUT2D eigenvalue weighted by Gasteiger charge is 2.42. The molecule has 1 N–H and O–H groups in total. The first-order valence-electron chi connectivity index (χ1n) is 9.53. The fraction of sp³-hybridized carbons (Fsp3) is 0.261. The van der Waals surface area contributed by atoms with Crippen molar-refractivity contribution in [3.8, 4) is 11.1 Å². The van der Waals surface area contributed by atoms with Gasteiger partial charge in [-0.1, -0.05) is 61.2 Å². The predicted octanol–water partition coefficient (Wildman–Crippen LogP) is 3.79.